The molecule has 1 aliphatic rings. The Hall–Kier alpha value is -1.08. The predicted molar refractivity (Wildman–Crippen MR) is 96.8 cm³/mol. The number of hydrogen-bond acceptors (Lipinski definition) is 9. The third-order valence-electron chi connectivity index (χ3n) is 3.59. The summed E-state index contributed by atoms with van der Waals surface area (Å²) in [7, 11) is -1.90. The van der Waals surface area contributed by atoms with Gasteiger partial charge >= 0.3 is 151 Å². The monoisotopic (exact) mass is 437 g/mol. The maximum absolute atomic E-state index is 12.0. The third kappa shape index (κ3) is 3.87. The molecule has 5 N–H and O–H groups in total. The van der Waals surface area contributed by atoms with Crippen LogP contribution in [0.15, 0.2) is 9.53 Å². The number of aliphatic hydroxyl groups is 1. The van der Waals surface area contributed by atoms with E-state index in [4.69, 9.17) is 19.5 Å². The zero-order chi connectivity index (χ0) is 18.4. The van der Waals surface area contributed by atoms with Gasteiger partial charge in [-0.25, -0.2) is 0 Å². The number of H-pyrrole nitrogens is 1. The van der Waals surface area contributed by atoms with Gasteiger partial charge in [-0.05, 0) is 0 Å². The van der Waals surface area contributed by atoms with Crippen LogP contribution >= 0.6 is 23.8 Å². The Balaban J connectivity index is 2.08. The molecule has 25 heavy (non-hydrogen) atoms. The molecule has 0 bridgehead atoms. The predicted octanol–water partition coefficient (Wildman–Crippen LogP) is -1.19. The second kappa shape index (κ2) is 6.91. The number of aromatic amines is 1. The quantitative estimate of drug-likeness (QED) is 0.244. The van der Waals surface area contributed by atoms with Crippen molar-refractivity contribution < 1.29 is 23.8 Å². The molecule has 1 saturated heterocycles. The van der Waals surface area contributed by atoms with E-state index in [2.05, 4.69) is 30.9 Å². The van der Waals surface area contributed by atoms with Crippen molar-refractivity contribution in [2.75, 3.05) is 18.9 Å². The van der Waals surface area contributed by atoms with Gasteiger partial charge in [0.25, 0.3) is 0 Å². The summed E-state index contributed by atoms with van der Waals surface area (Å²) in [6, 6.07) is 0. The summed E-state index contributed by atoms with van der Waals surface area (Å²) in [4.78, 5) is 32.6. The van der Waals surface area contributed by atoms with Gasteiger partial charge < -0.3 is 0 Å². The molecule has 0 aliphatic carbocycles. The summed E-state index contributed by atoms with van der Waals surface area (Å²) in [6.45, 7) is 1.56. The molecule has 0 spiro atoms. The van der Waals surface area contributed by atoms with E-state index in [0.29, 0.717) is 0 Å². The number of fused-ring (bicyclic) bond motifs is 1. The Morgan fingerprint density at radius 2 is 2.12 bits per heavy atom. The van der Waals surface area contributed by atoms with E-state index in [1.165, 1.54) is 12.1 Å². The number of aliphatic hydroxyl groups excluding tert-OH is 1. The van der Waals surface area contributed by atoms with Gasteiger partial charge in [-0.3, -0.25) is 0 Å². The Kier molecular flexibility index (Phi) is 5.17. The number of nitrogen functional groups attached to an aromatic ring is 1. The van der Waals surface area contributed by atoms with Crippen LogP contribution in [-0.2, 0) is 13.8 Å². The fraction of sp³-hybridized carbons (Fsp3) is 0.545. The topological polar surface area (TPSA) is 158 Å². The number of nitrogens with one attached hydrogen (secondary N) is 1. The average molecular weight is 438 g/mol. The summed E-state index contributed by atoms with van der Waals surface area (Å²) in [5, 5.41) is 10.5. The molecule has 3 atom stereocenters. The van der Waals surface area contributed by atoms with E-state index >= 15 is 0 Å². The van der Waals surface area contributed by atoms with Gasteiger partial charge in [-0.2, -0.15) is 0 Å². The molecule has 3 rings (SSSR count). The molecule has 3 heterocycles. The molecule has 11 nitrogen and oxygen atoms in total. The van der Waals surface area contributed by atoms with Crippen molar-refractivity contribution >= 4 is 48.4 Å². The zero-order valence-electron chi connectivity index (χ0n) is 13.5. The first kappa shape index (κ1) is 18.7. The molecule has 138 valence electrons. The first-order valence-corrected chi connectivity index (χ1v) is 10.5. The fourth-order valence-electron chi connectivity index (χ4n) is 2.44. The minimum atomic E-state index is -3.36. The maximum atomic E-state index is 12.0. The van der Waals surface area contributed by atoms with E-state index in [-0.39, 0.29) is 35.1 Å². The van der Waals surface area contributed by atoms with Gasteiger partial charge in [0.05, 0.1) is 0 Å². The Bertz CT molecular complexity index is 846. The average Bonchev–Trinajstić information content (AvgIpc) is 2.86. The fourth-order valence-corrected chi connectivity index (χ4v) is 4.09. The molecule has 0 amide bonds. The van der Waals surface area contributed by atoms with Gasteiger partial charge in [0, 0.05) is 0 Å². The number of ether oxygens (including phenoxy) is 1. The van der Waals surface area contributed by atoms with Crippen LogP contribution in [-0.4, -0.2) is 62.5 Å². The molecule has 0 aromatic carbocycles. The van der Waals surface area contributed by atoms with E-state index in [1.54, 1.807) is 6.92 Å². The van der Waals surface area contributed by atoms with Crippen molar-refractivity contribution in [2.45, 2.75) is 25.4 Å². The van der Waals surface area contributed by atoms with Crippen LogP contribution < -0.4 is 11.3 Å². The van der Waals surface area contributed by atoms with Crippen molar-refractivity contribution in [2.24, 2.45) is 0 Å². The molecule has 0 radical (unpaired) electrons. The molecule has 0 unspecified atom stereocenters. The van der Waals surface area contributed by atoms with Gasteiger partial charge in [-0.15, -0.1) is 0 Å². The van der Waals surface area contributed by atoms with Crippen LogP contribution in [0.2, 0.25) is 0 Å². The Labute approximate surface area is 151 Å². The van der Waals surface area contributed by atoms with Gasteiger partial charge in [-0.1, -0.05) is 0 Å². The van der Waals surface area contributed by atoms with Crippen LogP contribution in [0.4, 0.5) is 5.95 Å². The third-order valence-corrected chi connectivity index (χ3v) is 5.55. The SMILES string of the molecule is B[PH]1(O)OC[C@H](C)O[C@@H](n2c(Br)nc3c(=O)[nH]c(N)nc32)[C@@H](O)CO1. The number of nitrogens with two attached hydrogens (primary N) is 1. The molecular weight excluding hydrogens is 420 g/mol. The van der Waals surface area contributed by atoms with Crippen LogP contribution in [0.1, 0.15) is 13.2 Å². The molecule has 14 heteroatoms. The minimum absolute atomic E-state index is 0.0444. The van der Waals surface area contributed by atoms with E-state index in [0.717, 1.165) is 0 Å². The van der Waals surface area contributed by atoms with Crippen molar-refractivity contribution in [1.29, 1.82) is 0 Å². The second-order valence-corrected chi connectivity index (χ2v) is 8.88. The Morgan fingerprint density at radius 1 is 1.44 bits per heavy atom. The summed E-state index contributed by atoms with van der Waals surface area (Å²) in [5.41, 5.74) is 5.29. The van der Waals surface area contributed by atoms with Crippen molar-refractivity contribution in [3.8, 4) is 0 Å². The number of aromatic nitrogens is 4. The van der Waals surface area contributed by atoms with Crippen LogP contribution in [0, 0.1) is 0 Å². The van der Waals surface area contributed by atoms with Crippen molar-refractivity contribution in [3.63, 3.8) is 0 Å². The zero-order valence-corrected chi connectivity index (χ0v) is 16.1. The summed E-state index contributed by atoms with van der Waals surface area (Å²) in [5.74, 6) is -0.0910. The first-order valence-electron chi connectivity index (χ1n) is 7.45. The van der Waals surface area contributed by atoms with Crippen molar-refractivity contribution in [1.82, 2.24) is 19.5 Å². The standard InChI is InChI=1S/C11H18BBrN5O6P/c1-4-2-22-25(12,21)23-3-5(19)9(24-4)18-7-6(15-10(18)13)8(20)17-11(14)16-7/h4-5,9,19,21,25H,2-3,12H2,1H3,(H3,14,16,17,20)/t4-,5-,9+/m0/s1. The Morgan fingerprint density at radius 3 is 2.84 bits per heavy atom. The second-order valence-electron chi connectivity index (χ2n) is 5.80. The number of anilines is 1. The van der Waals surface area contributed by atoms with Crippen LogP contribution in [0.5, 0.6) is 0 Å². The molecule has 2 aromatic rings. The molecule has 0 saturated carbocycles. The molecular formula is C11H18BBrN5O6P. The molecule has 1 fully saturated rings. The van der Waals surface area contributed by atoms with Crippen molar-refractivity contribution in [3.05, 3.63) is 15.1 Å². The normalized spacial score (nSPS) is 28.9. The number of imidazole rings is 1. The first-order chi connectivity index (χ1) is 11.7. The van der Waals surface area contributed by atoms with E-state index in [9.17, 15) is 14.8 Å². The van der Waals surface area contributed by atoms with Gasteiger partial charge in [0.2, 0.25) is 0 Å². The summed E-state index contributed by atoms with van der Waals surface area (Å²) >= 11 is 3.25. The van der Waals surface area contributed by atoms with Crippen LogP contribution in [0.25, 0.3) is 11.2 Å². The van der Waals surface area contributed by atoms with E-state index in [1.807, 2.05) is 0 Å². The molecule has 2 aromatic heterocycles. The summed E-state index contributed by atoms with van der Waals surface area (Å²) in [6.07, 6.45) is -2.65. The van der Waals surface area contributed by atoms with Gasteiger partial charge in [0.1, 0.15) is 0 Å². The number of hydrogen-bond donors (Lipinski definition) is 4. The van der Waals surface area contributed by atoms with E-state index < -0.39 is 31.8 Å². The number of nitrogens with zero attached hydrogens (tertiary/aromatic N) is 3. The number of rotatable bonds is 1. The molecule has 1 aliphatic heterocycles. The number of halogens is 1. The van der Waals surface area contributed by atoms with Crippen LogP contribution in [0.3, 0.4) is 0 Å². The van der Waals surface area contributed by atoms with Gasteiger partial charge in [0.15, 0.2) is 0 Å². The summed E-state index contributed by atoms with van der Waals surface area (Å²) < 4.78 is 18.1.